The lowest BCUT2D eigenvalue weighted by molar-refractivity contribution is -0.154. The van der Waals surface area contributed by atoms with E-state index in [4.69, 9.17) is 9.84 Å². The van der Waals surface area contributed by atoms with Crippen LogP contribution in [0.25, 0.3) is 0 Å². The minimum atomic E-state index is -0.729. The van der Waals surface area contributed by atoms with Crippen molar-refractivity contribution in [3.05, 3.63) is 0 Å². The Balaban J connectivity index is 3.76. The number of carbonyl (C=O) groups is 2. The fourth-order valence-corrected chi connectivity index (χ4v) is 0.873. The summed E-state index contributed by atoms with van der Waals surface area (Å²) in [5.74, 6) is -0.946. The highest BCUT2D eigenvalue weighted by atomic mass is 16.6. The molecule has 0 aromatic carbocycles. The predicted octanol–water partition coefficient (Wildman–Crippen LogP) is 0.252. The van der Waals surface area contributed by atoms with Gasteiger partial charge in [0, 0.05) is 0 Å². The van der Waals surface area contributed by atoms with Crippen molar-refractivity contribution in [1.29, 1.82) is 0 Å². The maximum atomic E-state index is 11.0. The quantitative estimate of drug-likeness (QED) is 0.650. The molecule has 5 nitrogen and oxygen atoms in total. The van der Waals surface area contributed by atoms with Gasteiger partial charge in [0.25, 0.3) is 0 Å². The largest absolute Gasteiger partial charge is 0.469 e. The maximum absolute atomic E-state index is 11.0. The Labute approximate surface area is 83.0 Å². The van der Waals surface area contributed by atoms with E-state index in [9.17, 15) is 9.59 Å². The summed E-state index contributed by atoms with van der Waals surface area (Å²) in [7, 11) is 1.27. The molecule has 0 aromatic heterocycles. The Kier molecular flexibility index (Phi) is 5.87. The molecule has 0 aliphatic heterocycles. The van der Waals surface area contributed by atoms with E-state index in [1.807, 2.05) is 0 Å². The van der Waals surface area contributed by atoms with E-state index in [1.165, 1.54) is 14.0 Å². The van der Waals surface area contributed by atoms with Gasteiger partial charge in [0.05, 0.1) is 26.1 Å². The molecule has 2 atom stereocenters. The van der Waals surface area contributed by atoms with Crippen LogP contribution in [0.5, 0.6) is 0 Å². The molecule has 0 aromatic rings. The molecule has 0 aliphatic carbocycles. The van der Waals surface area contributed by atoms with Crippen molar-refractivity contribution in [2.24, 2.45) is 0 Å². The van der Waals surface area contributed by atoms with Gasteiger partial charge in [-0.1, -0.05) is 0 Å². The van der Waals surface area contributed by atoms with E-state index in [0.29, 0.717) is 0 Å². The first-order valence-corrected chi connectivity index (χ1v) is 4.40. The molecule has 5 heteroatoms. The molecule has 0 fully saturated rings. The average Bonchev–Trinajstić information content (AvgIpc) is 2.01. The average molecular weight is 204 g/mol. The van der Waals surface area contributed by atoms with E-state index in [0.717, 1.165) is 0 Å². The van der Waals surface area contributed by atoms with Crippen molar-refractivity contribution in [3.8, 4) is 0 Å². The van der Waals surface area contributed by atoms with E-state index < -0.39 is 24.1 Å². The van der Waals surface area contributed by atoms with E-state index in [2.05, 4.69) is 4.74 Å². The lowest BCUT2D eigenvalue weighted by Gasteiger charge is -2.12. The third-order valence-corrected chi connectivity index (χ3v) is 1.48. The van der Waals surface area contributed by atoms with Crippen LogP contribution in [0.15, 0.2) is 0 Å². The van der Waals surface area contributed by atoms with Gasteiger partial charge in [0.2, 0.25) is 0 Å². The van der Waals surface area contributed by atoms with Gasteiger partial charge in [-0.2, -0.15) is 0 Å². The molecule has 0 saturated carbocycles. The van der Waals surface area contributed by atoms with Gasteiger partial charge < -0.3 is 14.6 Å². The summed E-state index contributed by atoms with van der Waals surface area (Å²) in [6, 6.07) is 0. The number of ether oxygens (including phenoxy) is 2. The SMILES string of the molecule is COC(=O)C[C@@H](C)OC(=O)C[C@@H](C)O. The summed E-state index contributed by atoms with van der Waals surface area (Å²) in [6.45, 7) is 3.09. The van der Waals surface area contributed by atoms with E-state index in [-0.39, 0.29) is 12.8 Å². The van der Waals surface area contributed by atoms with Crippen LogP contribution >= 0.6 is 0 Å². The Bertz CT molecular complexity index is 199. The summed E-state index contributed by atoms with van der Waals surface area (Å²) >= 11 is 0. The standard InChI is InChI=1S/C9H16O5/c1-6(10)4-9(12)14-7(2)5-8(11)13-3/h6-7,10H,4-5H2,1-3H3/t6-,7-/m1/s1. The molecule has 0 amide bonds. The van der Waals surface area contributed by atoms with Crippen molar-refractivity contribution in [3.63, 3.8) is 0 Å². The van der Waals surface area contributed by atoms with Crippen LogP contribution in [0.4, 0.5) is 0 Å². The van der Waals surface area contributed by atoms with Gasteiger partial charge in [-0.3, -0.25) is 9.59 Å². The summed E-state index contributed by atoms with van der Waals surface area (Å²) in [5, 5.41) is 8.87. The summed E-state index contributed by atoms with van der Waals surface area (Å²) in [4.78, 5) is 21.8. The maximum Gasteiger partial charge on any atom is 0.309 e. The fourth-order valence-electron chi connectivity index (χ4n) is 0.873. The number of aliphatic hydroxyl groups excluding tert-OH is 1. The molecule has 0 saturated heterocycles. The molecular formula is C9H16O5. The van der Waals surface area contributed by atoms with Crippen LogP contribution in [0.1, 0.15) is 26.7 Å². The smallest absolute Gasteiger partial charge is 0.309 e. The molecule has 0 unspecified atom stereocenters. The lowest BCUT2D eigenvalue weighted by atomic mass is 10.2. The van der Waals surface area contributed by atoms with Crippen molar-refractivity contribution in [1.82, 2.24) is 0 Å². The summed E-state index contributed by atoms with van der Waals surface area (Å²) < 4.78 is 9.24. The minimum absolute atomic E-state index is 0.0298. The minimum Gasteiger partial charge on any atom is -0.469 e. The number of hydrogen-bond acceptors (Lipinski definition) is 5. The van der Waals surface area contributed by atoms with Crippen LogP contribution in [0.2, 0.25) is 0 Å². The van der Waals surface area contributed by atoms with Crippen molar-refractivity contribution >= 4 is 11.9 Å². The highest BCUT2D eigenvalue weighted by Crippen LogP contribution is 2.02. The van der Waals surface area contributed by atoms with Crippen molar-refractivity contribution in [2.45, 2.75) is 38.9 Å². The normalized spacial score (nSPS) is 14.3. The Morgan fingerprint density at radius 2 is 1.79 bits per heavy atom. The zero-order valence-electron chi connectivity index (χ0n) is 8.65. The second-order valence-electron chi connectivity index (χ2n) is 3.13. The van der Waals surface area contributed by atoms with Gasteiger partial charge in [0.1, 0.15) is 6.10 Å². The highest BCUT2D eigenvalue weighted by molar-refractivity contribution is 5.72. The van der Waals surface area contributed by atoms with E-state index >= 15 is 0 Å². The monoisotopic (exact) mass is 204 g/mol. The molecule has 0 rings (SSSR count). The highest BCUT2D eigenvalue weighted by Gasteiger charge is 2.15. The van der Waals surface area contributed by atoms with Crippen LogP contribution in [-0.2, 0) is 19.1 Å². The summed E-state index contributed by atoms with van der Waals surface area (Å²) in [5.41, 5.74) is 0. The topological polar surface area (TPSA) is 72.8 Å². The third-order valence-electron chi connectivity index (χ3n) is 1.48. The molecule has 0 aliphatic rings. The molecule has 0 heterocycles. The fraction of sp³-hybridized carbons (Fsp3) is 0.778. The zero-order chi connectivity index (χ0) is 11.1. The first-order valence-electron chi connectivity index (χ1n) is 4.40. The molecule has 0 bridgehead atoms. The van der Waals surface area contributed by atoms with Gasteiger partial charge >= 0.3 is 11.9 Å². The Morgan fingerprint density at radius 3 is 2.21 bits per heavy atom. The second-order valence-corrected chi connectivity index (χ2v) is 3.13. The van der Waals surface area contributed by atoms with Crippen LogP contribution < -0.4 is 0 Å². The summed E-state index contributed by atoms with van der Waals surface area (Å²) in [6.07, 6.45) is -1.28. The van der Waals surface area contributed by atoms with Crippen LogP contribution in [0.3, 0.4) is 0 Å². The van der Waals surface area contributed by atoms with Crippen molar-refractivity contribution < 1.29 is 24.2 Å². The molecule has 1 N–H and O–H groups in total. The molecule has 82 valence electrons. The third kappa shape index (κ3) is 6.42. The number of esters is 2. The van der Waals surface area contributed by atoms with Gasteiger partial charge in [-0.05, 0) is 13.8 Å². The zero-order valence-corrected chi connectivity index (χ0v) is 8.65. The van der Waals surface area contributed by atoms with E-state index in [1.54, 1.807) is 6.92 Å². The molecule has 0 radical (unpaired) electrons. The number of hydrogen-bond donors (Lipinski definition) is 1. The van der Waals surface area contributed by atoms with Gasteiger partial charge in [-0.25, -0.2) is 0 Å². The molecular weight excluding hydrogens is 188 g/mol. The number of aliphatic hydroxyl groups is 1. The van der Waals surface area contributed by atoms with Crippen LogP contribution in [-0.4, -0.2) is 36.4 Å². The first-order chi connectivity index (χ1) is 6.45. The Hall–Kier alpha value is -1.10. The molecule has 0 spiro atoms. The first kappa shape index (κ1) is 12.9. The van der Waals surface area contributed by atoms with Gasteiger partial charge in [0.15, 0.2) is 0 Å². The van der Waals surface area contributed by atoms with Crippen LogP contribution in [0, 0.1) is 0 Å². The molecule has 14 heavy (non-hydrogen) atoms. The van der Waals surface area contributed by atoms with Crippen molar-refractivity contribution in [2.75, 3.05) is 7.11 Å². The number of carbonyl (C=O) groups excluding carboxylic acids is 2. The second kappa shape index (κ2) is 6.37. The van der Waals surface area contributed by atoms with Gasteiger partial charge in [-0.15, -0.1) is 0 Å². The number of rotatable bonds is 5. The predicted molar refractivity (Wildman–Crippen MR) is 48.5 cm³/mol. The lowest BCUT2D eigenvalue weighted by Crippen LogP contribution is -2.21. The Morgan fingerprint density at radius 1 is 1.21 bits per heavy atom. The number of methoxy groups -OCH3 is 1.